The molecule has 694 valence electrons. The maximum atomic E-state index is 13.3. The molecule has 0 N–H and O–H groups in total. The van der Waals surface area contributed by atoms with Crippen LogP contribution in [0.4, 0.5) is 13.2 Å². The second-order valence-electron chi connectivity index (χ2n) is 34.4. The number of benzene rings is 5. The lowest BCUT2D eigenvalue weighted by atomic mass is 9.92. The van der Waals surface area contributed by atoms with Crippen molar-refractivity contribution in [2.45, 2.75) is 152 Å². The van der Waals surface area contributed by atoms with Crippen LogP contribution in [0.1, 0.15) is 151 Å². The Morgan fingerprint density at radius 1 is 0.358 bits per heavy atom. The third kappa shape index (κ3) is 22.4. The summed E-state index contributed by atoms with van der Waals surface area (Å²) in [4.78, 5) is 71.5. The SMILES string of the molecule is Cc1cc(C(=O)N2CCn3nc(OCc4cccc(F)c4)cc3C2)cn1C.Cc1ccc(C(=O)C2CCCn3nc(OCc4ccccc4)cc3C2)n1C.Cc1ccc(C(=O)N2CCn3nc(OCc4cccc(F)c4)cc3C2)n1C.Cc1ccc(C(=O)N2Cc3cc(OCc4ccccc4)nn3C[C@@H]2C)n1C.Cn1ccc(C(=O)N2CCn3nc(OCc4cccc(F)c4)cc3C2)c1. The van der Waals surface area contributed by atoms with Crippen molar-refractivity contribution in [2.75, 3.05) is 19.6 Å². The zero-order valence-electron chi connectivity index (χ0n) is 76.9. The first-order valence-electron chi connectivity index (χ1n) is 44.9. The number of fused-ring (bicyclic) bond motifs is 5. The van der Waals surface area contributed by atoms with Gasteiger partial charge in [0.05, 0.1) is 92.0 Å². The lowest BCUT2D eigenvalue weighted by molar-refractivity contribution is 0.0595. The van der Waals surface area contributed by atoms with E-state index in [0.717, 1.165) is 104 Å². The minimum atomic E-state index is -0.287. The minimum Gasteiger partial charge on any atom is -0.472 e. The molecular formula is C102H110F3N19O10. The largest absolute Gasteiger partial charge is 0.472 e. The first-order chi connectivity index (χ1) is 64.7. The fourth-order valence-electron chi connectivity index (χ4n) is 16.7. The van der Waals surface area contributed by atoms with Crippen LogP contribution in [0.25, 0.3) is 0 Å². The Bertz CT molecular complexity index is 6590. The number of amides is 4. The predicted molar refractivity (Wildman–Crippen MR) is 495 cm³/mol. The lowest BCUT2D eigenvalue weighted by Gasteiger charge is -2.33. The molecule has 5 aromatic carbocycles. The van der Waals surface area contributed by atoms with Crippen molar-refractivity contribution in [2.24, 2.45) is 41.2 Å². The molecule has 2 atom stereocenters. The first-order valence-corrected chi connectivity index (χ1v) is 44.9. The van der Waals surface area contributed by atoms with Crippen molar-refractivity contribution in [3.05, 3.63) is 356 Å². The molecular weight excluding hydrogens is 1710 g/mol. The van der Waals surface area contributed by atoms with Gasteiger partial charge in [-0.1, -0.05) is 97.1 Å². The second kappa shape index (κ2) is 41.6. The van der Waals surface area contributed by atoms with Gasteiger partial charge >= 0.3 is 0 Å². The third-order valence-corrected chi connectivity index (χ3v) is 24.9. The molecule has 15 aromatic rings. The van der Waals surface area contributed by atoms with Crippen LogP contribution in [0, 0.1) is 51.1 Å². The molecule has 0 spiro atoms. The Morgan fingerprint density at radius 2 is 0.739 bits per heavy atom. The highest BCUT2D eigenvalue weighted by Gasteiger charge is 2.34. The van der Waals surface area contributed by atoms with Crippen LogP contribution in [0.3, 0.4) is 0 Å². The summed E-state index contributed by atoms with van der Waals surface area (Å²) in [7, 11) is 9.61. The van der Waals surface area contributed by atoms with Gasteiger partial charge in [0.15, 0.2) is 5.78 Å². The molecule has 134 heavy (non-hydrogen) atoms. The number of carbonyl (C=O) groups is 5. The predicted octanol–water partition coefficient (Wildman–Crippen LogP) is 15.5. The number of hydrogen-bond acceptors (Lipinski definition) is 15. The molecule has 5 aliphatic rings. The van der Waals surface area contributed by atoms with E-state index in [9.17, 15) is 37.1 Å². The van der Waals surface area contributed by atoms with Gasteiger partial charge in [-0.05, 0) is 167 Å². The number of ether oxygens (including phenoxy) is 5. The van der Waals surface area contributed by atoms with Crippen molar-refractivity contribution in [3.63, 3.8) is 0 Å². The van der Waals surface area contributed by atoms with Crippen LogP contribution < -0.4 is 23.7 Å². The maximum absolute atomic E-state index is 13.3. The summed E-state index contributed by atoms with van der Waals surface area (Å²) in [5.74, 6) is 2.16. The number of ketones is 1. The van der Waals surface area contributed by atoms with Gasteiger partial charge in [-0.2, -0.15) is 0 Å². The quantitative estimate of drug-likeness (QED) is 0.0606. The second-order valence-corrected chi connectivity index (χ2v) is 34.4. The first kappa shape index (κ1) is 92.2. The summed E-state index contributed by atoms with van der Waals surface area (Å²) in [6.07, 6.45) is 8.10. The average molecular weight is 1820 g/mol. The molecule has 15 heterocycles. The van der Waals surface area contributed by atoms with Gasteiger partial charge in [0.1, 0.15) is 61.9 Å². The number of hydrogen-bond donors (Lipinski definition) is 0. The molecule has 1 unspecified atom stereocenters. The molecule has 29 nitrogen and oxygen atoms in total. The number of nitrogens with zero attached hydrogens (tertiary/aromatic N) is 19. The highest BCUT2D eigenvalue weighted by atomic mass is 19.1. The van der Waals surface area contributed by atoms with Crippen LogP contribution >= 0.6 is 0 Å². The van der Waals surface area contributed by atoms with Crippen LogP contribution in [0.5, 0.6) is 29.4 Å². The molecule has 5 aliphatic heterocycles. The molecule has 0 aliphatic carbocycles. The topological polar surface area (TPSA) is 258 Å². The Morgan fingerprint density at radius 3 is 1.14 bits per heavy atom. The smallest absolute Gasteiger partial charge is 0.271 e. The molecule has 0 radical (unpaired) electrons. The zero-order valence-corrected chi connectivity index (χ0v) is 76.9. The van der Waals surface area contributed by atoms with E-state index in [2.05, 4.69) is 32.4 Å². The van der Waals surface area contributed by atoms with Crippen molar-refractivity contribution in [1.82, 2.24) is 91.3 Å². The standard InChI is InChI=1S/C22H25N3O2.C21H24N4O2.2C20H21FN4O2.C19H19FN4O2/c1-16-10-11-20(24(16)2)22(26)18-9-6-12-25-19(13-18)14-21(23-25)27-15-17-7-4-3-5-8-17;1-15-9-10-19(23(15)3)21(26)24-13-18-11-20(22-25(18)12-16(24)2)27-14-17-7-5-4-6-8-17;1-14-8-16(11-23(14)2)20(26)24-6-7-25-18(12-24)10-19(22-25)27-13-15-4-3-5-17(21)9-15;1-14-6-7-18(23(14)2)20(26)24-8-9-25-17(12-24)11-19(22-25)27-13-15-4-3-5-16(21)10-15;1-22-6-5-15(11-22)19(25)23-7-8-24-17(12-23)10-18(21-24)26-13-14-3-2-4-16(20)9-14/h3-5,7-8,10-11,14,18H,6,9,12-13,15H2,1-2H3;4-11,16H,12-14H2,1-3H3;3-5,8-11H,6-7,12-13H2,1-2H3;3-7,10-11H,8-9,12-13H2,1-2H3;2-6,9-11H,7-8,12-13H2,1H3/t;16-;;;/m.0.../s1. The maximum Gasteiger partial charge on any atom is 0.271 e. The molecule has 0 saturated heterocycles. The molecule has 4 amide bonds. The van der Waals surface area contributed by atoms with E-state index in [1.54, 1.807) is 36.4 Å². The van der Waals surface area contributed by atoms with E-state index in [1.165, 1.54) is 36.4 Å². The van der Waals surface area contributed by atoms with E-state index >= 15 is 0 Å². The van der Waals surface area contributed by atoms with E-state index in [0.29, 0.717) is 144 Å². The summed E-state index contributed by atoms with van der Waals surface area (Å²) >= 11 is 0. The summed E-state index contributed by atoms with van der Waals surface area (Å²) in [5.41, 5.74) is 17.2. The molecule has 10 aromatic heterocycles. The Kier molecular flexibility index (Phi) is 28.6. The van der Waals surface area contributed by atoms with Crippen LogP contribution in [-0.2, 0) is 134 Å². The Labute approximate surface area is 775 Å². The molecule has 32 heteroatoms. The van der Waals surface area contributed by atoms with Crippen LogP contribution in [0.2, 0.25) is 0 Å². The van der Waals surface area contributed by atoms with Crippen LogP contribution in [0.15, 0.2) is 231 Å². The molecule has 20 rings (SSSR count). The summed E-state index contributed by atoms with van der Waals surface area (Å²) in [6, 6.07) is 63.9. The van der Waals surface area contributed by atoms with E-state index < -0.39 is 0 Å². The number of aryl methyl sites for hydroxylation is 7. The fraction of sp³-hybridized carbons (Fsp3) is 0.314. The highest BCUT2D eigenvalue weighted by Crippen LogP contribution is 2.31. The summed E-state index contributed by atoms with van der Waals surface area (Å²) < 4.78 is 87.7. The monoisotopic (exact) mass is 1820 g/mol. The van der Waals surface area contributed by atoms with Crippen molar-refractivity contribution < 1.29 is 60.8 Å². The highest BCUT2D eigenvalue weighted by molar-refractivity contribution is 5.97. The third-order valence-electron chi connectivity index (χ3n) is 24.9. The molecule has 0 fully saturated rings. The van der Waals surface area contributed by atoms with E-state index in [4.69, 9.17) is 23.7 Å². The van der Waals surface area contributed by atoms with Gasteiger partial charge < -0.3 is 66.1 Å². The van der Waals surface area contributed by atoms with Gasteiger partial charge in [0.2, 0.25) is 29.4 Å². The number of carbonyl (C=O) groups excluding carboxylic acids is 5. The summed E-state index contributed by atoms with van der Waals surface area (Å²) in [5, 5.41) is 22.4. The van der Waals surface area contributed by atoms with E-state index in [1.807, 2.05) is 287 Å². The lowest BCUT2D eigenvalue weighted by Crippen LogP contribution is -2.45. The number of aromatic nitrogens is 15. The minimum absolute atomic E-state index is 0.00192. The normalized spacial score (nSPS) is 14.7. The molecule has 0 bridgehead atoms. The number of halogens is 3. The van der Waals surface area contributed by atoms with E-state index in [-0.39, 0.29) is 78.6 Å². The number of rotatable bonds is 21. The van der Waals surface area contributed by atoms with Gasteiger partial charge in [-0.25, -0.2) is 13.2 Å². The zero-order chi connectivity index (χ0) is 93.8. The van der Waals surface area contributed by atoms with Crippen molar-refractivity contribution in [1.29, 1.82) is 0 Å². The average Bonchev–Trinajstić information content (AvgIpc) is 1.57. The molecule has 0 saturated carbocycles. The summed E-state index contributed by atoms with van der Waals surface area (Å²) in [6.45, 7) is 18.9. The van der Waals surface area contributed by atoms with Crippen molar-refractivity contribution >= 4 is 29.4 Å². The van der Waals surface area contributed by atoms with Gasteiger partial charge in [0, 0.05) is 151 Å². The van der Waals surface area contributed by atoms with Gasteiger partial charge in [0.25, 0.3) is 23.6 Å². The van der Waals surface area contributed by atoms with Crippen LogP contribution in [-0.4, -0.2) is 146 Å². The Hall–Kier alpha value is -15.1. The Balaban J connectivity index is 0.000000122. The van der Waals surface area contributed by atoms with Crippen molar-refractivity contribution in [3.8, 4) is 29.4 Å². The fourth-order valence-corrected chi connectivity index (χ4v) is 16.7. The van der Waals surface area contributed by atoms with Gasteiger partial charge in [-0.3, -0.25) is 47.4 Å². The van der Waals surface area contributed by atoms with Gasteiger partial charge in [-0.15, -0.1) is 25.5 Å². The number of Topliss-reactive ketones (excluding diaryl/α,β-unsaturated/α-hetero) is 1.